The van der Waals surface area contributed by atoms with Crippen LogP contribution in [-0.2, 0) is 11.3 Å². The molecule has 4 rings (SSSR count). The van der Waals surface area contributed by atoms with Crippen molar-refractivity contribution in [3.05, 3.63) is 34.9 Å². The fourth-order valence-electron chi connectivity index (χ4n) is 3.66. The summed E-state index contributed by atoms with van der Waals surface area (Å²) in [6.45, 7) is 9.91. The van der Waals surface area contributed by atoms with Crippen molar-refractivity contribution in [3.8, 4) is 5.88 Å². The maximum Gasteiger partial charge on any atom is 0.416 e. The Morgan fingerprint density at radius 3 is 2.69 bits per heavy atom. The molecule has 1 amide bonds. The zero-order valence-electron chi connectivity index (χ0n) is 15.5. The number of fused-ring (bicyclic) bond motifs is 2. The van der Waals surface area contributed by atoms with Crippen LogP contribution in [0.15, 0.2) is 18.2 Å². The Morgan fingerprint density at radius 2 is 1.88 bits per heavy atom. The number of nitrogens with zero attached hydrogens (tertiary/aromatic N) is 3. The highest BCUT2D eigenvalue weighted by Gasteiger charge is 2.26. The maximum atomic E-state index is 12.4. The van der Waals surface area contributed by atoms with E-state index in [1.54, 1.807) is 4.90 Å². The summed E-state index contributed by atoms with van der Waals surface area (Å²) in [5, 5.41) is 1.13. The van der Waals surface area contributed by atoms with Gasteiger partial charge in [0, 0.05) is 37.1 Å². The van der Waals surface area contributed by atoms with Crippen LogP contribution in [0.1, 0.15) is 23.1 Å². The maximum absolute atomic E-state index is 12.4. The van der Waals surface area contributed by atoms with Crippen molar-refractivity contribution in [1.82, 2.24) is 14.8 Å². The van der Waals surface area contributed by atoms with Crippen LogP contribution in [-0.4, -0.2) is 60.3 Å². The van der Waals surface area contributed by atoms with Crippen molar-refractivity contribution in [2.24, 2.45) is 0 Å². The van der Waals surface area contributed by atoms with Crippen LogP contribution in [0.5, 0.6) is 5.88 Å². The molecule has 1 aromatic carbocycles. The number of amides is 1. The highest BCUT2D eigenvalue weighted by Crippen LogP contribution is 2.30. The smallest absolute Gasteiger partial charge is 0.391 e. The van der Waals surface area contributed by atoms with E-state index in [4.69, 9.17) is 9.47 Å². The molecule has 1 aromatic heterocycles. The van der Waals surface area contributed by atoms with Crippen molar-refractivity contribution in [3.63, 3.8) is 0 Å². The van der Waals surface area contributed by atoms with Gasteiger partial charge in [-0.1, -0.05) is 12.1 Å². The molecule has 2 aliphatic rings. The van der Waals surface area contributed by atoms with Gasteiger partial charge in [-0.3, -0.25) is 4.90 Å². The number of morpholine rings is 1. The second-order valence-electron chi connectivity index (χ2n) is 7.15. The first-order chi connectivity index (χ1) is 12.6. The van der Waals surface area contributed by atoms with Gasteiger partial charge in [-0.2, -0.15) is 0 Å². The number of hydrogen-bond acceptors (Lipinski definition) is 5. The van der Waals surface area contributed by atoms with Crippen LogP contribution < -0.4 is 4.74 Å². The summed E-state index contributed by atoms with van der Waals surface area (Å²) in [6, 6.07) is 6.29. The zero-order chi connectivity index (χ0) is 18.1. The quantitative estimate of drug-likeness (QED) is 0.844. The molecule has 2 aliphatic heterocycles. The lowest BCUT2D eigenvalue weighted by Gasteiger charge is -2.30. The molecule has 0 unspecified atom stereocenters. The van der Waals surface area contributed by atoms with Crippen LogP contribution in [0.25, 0.3) is 10.9 Å². The zero-order valence-corrected chi connectivity index (χ0v) is 15.5. The minimum Gasteiger partial charge on any atom is -0.391 e. The molecule has 0 radical (unpaired) electrons. The number of aryl methyl sites for hydroxylation is 2. The van der Waals surface area contributed by atoms with Gasteiger partial charge in [0.15, 0.2) is 0 Å². The molecule has 0 spiro atoms. The number of ether oxygens (including phenoxy) is 2. The van der Waals surface area contributed by atoms with E-state index in [1.807, 2.05) is 6.92 Å². The van der Waals surface area contributed by atoms with E-state index in [0.717, 1.165) is 61.3 Å². The first-order valence-corrected chi connectivity index (χ1v) is 9.28. The van der Waals surface area contributed by atoms with Crippen molar-refractivity contribution >= 4 is 17.0 Å². The van der Waals surface area contributed by atoms with Crippen LogP contribution in [0.2, 0.25) is 0 Å². The van der Waals surface area contributed by atoms with E-state index in [2.05, 4.69) is 35.0 Å². The topological polar surface area (TPSA) is 54.9 Å². The van der Waals surface area contributed by atoms with Gasteiger partial charge < -0.3 is 14.4 Å². The first kappa shape index (κ1) is 17.2. The van der Waals surface area contributed by atoms with Gasteiger partial charge in [-0.15, -0.1) is 0 Å². The number of carbonyl (C=O) groups is 1. The van der Waals surface area contributed by atoms with Gasteiger partial charge in [-0.25, -0.2) is 9.78 Å². The van der Waals surface area contributed by atoms with Crippen molar-refractivity contribution in [2.75, 3.05) is 39.4 Å². The molecule has 0 atom stereocenters. The number of carbonyl (C=O) groups excluding carboxylic acids is 1. The molecule has 6 nitrogen and oxygen atoms in total. The summed E-state index contributed by atoms with van der Waals surface area (Å²) in [5.41, 5.74) is 4.18. The molecule has 1 fully saturated rings. The predicted octanol–water partition coefficient (Wildman–Crippen LogP) is 2.89. The van der Waals surface area contributed by atoms with Crippen molar-refractivity contribution in [1.29, 1.82) is 0 Å². The fraction of sp³-hybridized carbons (Fsp3) is 0.500. The molecule has 0 saturated carbocycles. The highest BCUT2D eigenvalue weighted by atomic mass is 16.6. The Morgan fingerprint density at radius 1 is 1.12 bits per heavy atom. The third-order valence-corrected chi connectivity index (χ3v) is 5.25. The standard InChI is InChI=1S/C20H25N3O3/c1-14-4-5-15(2)18-17(14)12-16-13-23(20(24)26-19(16)21-18)7-3-6-22-8-10-25-11-9-22/h4-5,12H,3,6-11,13H2,1-2H3. The van der Waals surface area contributed by atoms with E-state index < -0.39 is 0 Å². The van der Waals surface area contributed by atoms with E-state index >= 15 is 0 Å². The monoisotopic (exact) mass is 355 g/mol. The molecule has 0 aliphatic carbocycles. The average molecular weight is 355 g/mol. The number of benzene rings is 1. The van der Waals surface area contributed by atoms with E-state index in [1.165, 1.54) is 5.56 Å². The molecule has 6 heteroatoms. The Bertz CT molecular complexity index is 831. The summed E-state index contributed by atoms with van der Waals surface area (Å²) < 4.78 is 10.9. The summed E-state index contributed by atoms with van der Waals surface area (Å²) in [5.74, 6) is 0.459. The van der Waals surface area contributed by atoms with Gasteiger partial charge in [-0.05, 0) is 37.5 Å². The Labute approximate surface area is 153 Å². The average Bonchev–Trinajstić information content (AvgIpc) is 2.65. The molecular weight excluding hydrogens is 330 g/mol. The minimum atomic E-state index is -0.295. The van der Waals surface area contributed by atoms with Crippen LogP contribution >= 0.6 is 0 Å². The van der Waals surface area contributed by atoms with Gasteiger partial charge >= 0.3 is 6.09 Å². The van der Waals surface area contributed by atoms with Crippen molar-refractivity contribution in [2.45, 2.75) is 26.8 Å². The van der Waals surface area contributed by atoms with Crippen molar-refractivity contribution < 1.29 is 14.3 Å². The summed E-state index contributed by atoms with van der Waals surface area (Å²) in [7, 11) is 0. The Kier molecular flexibility index (Phi) is 4.78. The fourth-order valence-corrected chi connectivity index (χ4v) is 3.66. The number of rotatable bonds is 4. The van der Waals surface area contributed by atoms with E-state index in [-0.39, 0.29) is 6.09 Å². The summed E-state index contributed by atoms with van der Waals surface area (Å²) >= 11 is 0. The number of hydrogen-bond donors (Lipinski definition) is 0. The SMILES string of the molecule is Cc1ccc(C)c2nc3c(cc12)CN(CCCN1CCOCC1)C(=O)O3. The molecule has 0 bridgehead atoms. The lowest BCUT2D eigenvalue weighted by molar-refractivity contribution is 0.0359. The number of pyridine rings is 1. The van der Waals surface area contributed by atoms with Gasteiger partial charge in [0.1, 0.15) is 0 Å². The third-order valence-electron chi connectivity index (χ3n) is 5.25. The molecule has 3 heterocycles. The second kappa shape index (κ2) is 7.21. The normalized spacial score (nSPS) is 18.1. The van der Waals surface area contributed by atoms with Crippen LogP contribution in [0.4, 0.5) is 4.79 Å². The minimum absolute atomic E-state index is 0.295. The van der Waals surface area contributed by atoms with Gasteiger partial charge in [0.05, 0.1) is 25.3 Å². The van der Waals surface area contributed by atoms with Crippen LogP contribution in [0, 0.1) is 13.8 Å². The molecule has 0 N–H and O–H groups in total. The summed E-state index contributed by atoms with van der Waals surface area (Å²) in [4.78, 5) is 21.1. The molecular formula is C20H25N3O3. The van der Waals surface area contributed by atoms with E-state index in [0.29, 0.717) is 19.0 Å². The third kappa shape index (κ3) is 3.39. The lowest BCUT2D eigenvalue weighted by atomic mass is 10.0. The molecule has 2 aromatic rings. The van der Waals surface area contributed by atoms with Gasteiger partial charge in [0.25, 0.3) is 0 Å². The highest BCUT2D eigenvalue weighted by molar-refractivity contribution is 5.87. The molecule has 26 heavy (non-hydrogen) atoms. The lowest BCUT2D eigenvalue weighted by Crippen LogP contribution is -2.41. The van der Waals surface area contributed by atoms with Crippen LogP contribution in [0.3, 0.4) is 0 Å². The molecule has 1 saturated heterocycles. The second-order valence-corrected chi connectivity index (χ2v) is 7.15. The Balaban J connectivity index is 1.47. The Hall–Kier alpha value is -2.18. The van der Waals surface area contributed by atoms with E-state index in [9.17, 15) is 4.79 Å². The molecule has 138 valence electrons. The largest absolute Gasteiger partial charge is 0.416 e. The predicted molar refractivity (Wildman–Crippen MR) is 99.5 cm³/mol. The number of aromatic nitrogens is 1. The van der Waals surface area contributed by atoms with Gasteiger partial charge in [0.2, 0.25) is 5.88 Å². The first-order valence-electron chi connectivity index (χ1n) is 9.28. The summed E-state index contributed by atoms with van der Waals surface area (Å²) in [6.07, 6.45) is 0.639.